The van der Waals surface area contributed by atoms with Crippen molar-refractivity contribution in [2.45, 2.75) is 5.41 Å². The first-order chi connectivity index (χ1) is 26.2. The van der Waals surface area contributed by atoms with Gasteiger partial charge in [0.05, 0.1) is 5.41 Å². The second-order valence-electron chi connectivity index (χ2n) is 13.7. The van der Waals surface area contributed by atoms with Crippen LogP contribution in [0.1, 0.15) is 33.4 Å². The molecule has 0 saturated heterocycles. The van der Waals surface area contributed by atoms with E-state index in [9.17, 15) is 0 Å². The van der Waals surface area contributed by atoms with Crippen LogP contribution in [0.25, 0.3) is 22.3 Å². The van der Waals surface area contributed by atoms with E-state index in [-0.39, 0.29) is 0 Å². The molecule has 3 heteroatoms. The second-order valence-corrected chi connectivity index (χ2v) is 13.7. The smallest absolute Gasteiger partial charge is 0.140 e. The Morgan fingerprint density at radius 3 is 1.92 bits per heavy atom. The van der Waals surface area contributed by atoms with E-state index in [0.717, 1.165) is 96.6 Å². The molecule has 3 aliphatic rings. The van der Waals surface area contributed by atoms with E-state index < -0.39 is 5.41 Å². The number of para-hydroxylation sites is 5. The van der Waals surface area contributed by atoms with Crippen molar-refractivity contribution in [2.75, 3.05) is 11.4 Å². The van der Waals surface area contributed by atoms with Crippen molar-refractivity contribution in [2.24, 2.45) is 0 Å². The van der Waals surface area contributed by atoms with Gasteiger partial charge in [-0.05, 0) is 64.7 Å². The van der Waals surface area contributed by atoms with Crippen molar-refractivity contribution >= 4 is 22.5 Å². The zero-order valence-corrected chi connectivity index (χ0v) is 29.1. The molecule has 3 nitrogen and oxygen atoms in total. The first kappa shape index (κ1) is 30.9. The van der Waals surface area contributed by atoms with E-state index in [4.69, 9.17) is 16.1 Å². The molecule has 0 aliphatic carbocycles. The molecule has 0 amide bonds. The highest BCUT2D eigenvalue weighted by Gasteiger charge is 2.51. The summed E-state index contributed by atoms with van der Waals surface area (Å²) in [5, 5.41) is 0. The summed E-state index contributed by atoms with van der Waals surface area (Å²) in [5.74, 6) is 3.35. The maximum absolute atomic E-state index is 6.93. The summed E-state index contributed by atoms with van der Waals surface area (Å²) < 4.78 is 13.7. The first-order valence-electron chi connectivity index (χ1n) is 18.1. The normalized spacial score (nSPS) is 18.2. The van der Waals surface area contributed by atoms with E-state index in [0.29, 0.717) is 0 Å². The number of nitrogens with zero attached hydrogens (tertiary/aromatic N) is 1. The Bertz CT molecular complexity index is 2610. The third-order valence-electron chi connectivity index (χ3n) is 10.8. The number of allylic oxidation sites excluding steroid dienone is 4. The van der Waals surface area contributed by atoms with Gasteiger partial charge in [0, 0.05) is 51.3 Å². The summed E-state index contributed by atoms with van der Waals surface area (Å²) in [6, 6.07) is 59.7. The fourth-order valence-electron chi connectivity index (χ4n) is 8.46. The van der Waals surface area contributed by atoms with Crippen molar-refractivity contribution in [3.63, 3.8) is 0 Å². The van der Waals surface area contributed by atoms with Crippen molar-refractivity contribution in [3.8, 4) is 34.1 Å². The lowest BCUT2D eigenvalue weighted by Crippen LogP contribution is -2.37. The van der Waals surface area contributed by atoms with Gasteiger partial charge in [-0.2, -0.15) is 0 Å². The molecular weight excluding hydrogens is 647 g/mol. The maximum Gasteiger partial charge on any atom is 0.140 e. The molecule has 0 saturated carbocycles. The summed E-state index contributed by atoms with van der Waals surface area (Å²) >= 11 is 0. The van der Waals surface area contributed by atoms with Gasteiger partial charge in [0.2, 0.25) is 0 Å². The molecule has 7 aromatic rings. The lowest BCUT2D eigenvalue weighted by atomic mass is 9.61. The minimum absolute atomic E-state index is 0.729. The van der Waals surface area contributed by atoms with E-state index in [1.165, 1.54) is 0 Å². The molecule has 252 valence electrons. The molecule has 1 atom stereocenters. The maximum atomic E-state index is 6.93. The fourth-order valence-corrected chi connectivity index (χ4v) is 8.46. The van der Waals surface area contributed by atoms with Crippen LogP contribution in [0.2, 0.25) is 0 Å². The topological polar surface area (TPSA) is 21.7 Å². The molecule has 0 N–H and O–H groups in total. The Morgan fingerprint density at radius 2 is 1.13 bits per heavy atom. The number of fused-ring (bicyclic) bond motifs is 9. The van der Waals surface area contributed by atoms with Crippen LogP contribution in [0.3, 0.4) is 0 Å². The van der Waals surface area contributed by atoms with Crippen LogP contribution >= 0.6 is 0 Å². The van der Waals surface area contributed by atoms with Gasteiger partial charge in [0.1, 0.15) is 23.0 Å². The Kier molecular flexibility index (Phi) is 7.26. The van der Waals surface area contributed by atoms with Gasteiger partial charge >= 0.3 is 0 Å². The number of rotatable bonds is 3. The molecule has 1 unspecified atom stereocenters. The van der Waals surface area contributed by atoms with Gasteiger partial charge in [-0.15, -0.1) is 0 Å². The Balaban J connectivity index is 1.21. The fraction of sp³-hybridized carbons (Fsp3) is 0.0400. The van der Waals surface area contributed by atoms with Crippen molar-refractivity contribution in [1.29, 1.82) is 0 Å². The lowest BCUT2D eigenvalue weighted by Gasteiger charge is -2.45. The molecular formula is C50H35NO2. The molecule has 0 fully saturated rings. The van der Waals surface area contributed by atoms with Gasteiger partial charge in [-0.25, -0.2) is 0 Å². The molecule has 0 radical (unpaired) electrons. The van der Waals surface area contributed by atoms with Gasteiger partial charge in [0.15, 0.2) is 0 Å². The molecule has 53 heavy (non-hydrogen) atoms. The Hall–Kier alpha value is -6.84. The van der Waals surface area contributed by atoms with E-state index in [1.807, 2.05) is 6.07 Å². The monoisotopic (exact) mass is 681 g/mol. The summed E-state index contributed by atoms with van der Waals surface area (Å²) in [6.45, 7) is 5.50. The van der Waals surface area contributed by atoms with Gasteiger partial charge < -0.3 is 14.4 Å². The number of anilines is 2. The van der Waals surface area contributed by atoms with Crippen LogP contribution in [-0.4, -0.2) is 6.54 Å². The van der Waals surface area contributed by atoms with Gasteiger partial charge in [-0.1, -0.05) is 152 Å². The third kappa shape index (κ3) is 4.82. The molecule has 0 bridgehead atoms. The summed E-state index contributed by atoms with van der Waals surface area (Å²) in [5.41, 5.74) is 12.2. The van der Waals surface area contributed by atoms with Crippen LogP contribution in [0.15, 0.2) is 195 Å². The van der Waals surface area contributed by atoms with Crippen molar-refractivity contribution in [3.05, 3.63) is 228 Å². The van der Waals surface area contributed by atoms with Gasteiger partial charge in [0.25, 0.3) is 0 Å². The van der Waals surface area contributed by atoms with Crippen LogP contribution in [0, 0.1) is 0 Å². The van der Waals surface area contributed by atoms with Gasteiger partial charge in [-0.3, -0.25) is 0 Å². The van der Waals surface area contributed by atoms with Crippen molar-refractivity contribution in [1.82, 2.24) is 0 Å². The molecule has 0 aromatic heterocycles. The molecule has 10 rings (SSSR count). The quantitative estimate of drug-likeness (QED) is 0.185. The zero-order valence-electron chi connectivity index (χ0n) is 29.1. The number of hydrogen-bond acceptors (Lipinski definition) is 3. The van der Waals surface area contributed by atoms with E-state index in [1.54, 1.807) is 0 Å². The third-order valence-corrected chi connectivity index (χ3v) is 10.8. The minimum atomic E-state index is -0.729. The SMILES string of the molecule is C=C1/C(c2ccc3c(c2)C2(c4ccccc4O3)c3ccccc3Oc3c(-c4ccccc4)cccc32)=C\C=C/CN(c2ccccc2)c2ccccc21. The number of hydrogen-bond donors (Lipinski definition) is 0. The van der Waals surface area contributed by atoms with Crippen molar-refractivity contribution < 1.29 is 9.47 Å². The first-order valence-corrected chi connectivity index (χ1v) is 18.1. The standard InChI is InChI=1S/C50H35NO2/c1-34-38(21-14-15-32-51(37-19-6-3-7-20-37)45-27-11-8-22-39(34)45)36-30-31-48-44(33-36)50(41-24-9-12-28-46(41)52-48)42-25-10-13-29-47(42)53-49-40(23-16-26-43(49)50)35-17-4-2-5-18-35/h2-31,33H,1,32H2/b15-14-,38-21+. The summed E-state index contributed by atoms with van der Waals surface area (Å²) in [4.78, 5) is 2.35. The zero-order chi connectivity index (χ0) is 35.4. The Morgan fingerprint density at radius 1 is 0.509 bits per heavy atom. The molecule has 7 aromatic carbocycles. The molecule has 3 aliphatic heterocycles. The largest absolute Gasteiger partial charge is 0.457 e. The number of ether oxygens (including phenoxy) is 2. The highest BCUT2D eigenvalue weighted by Crippen LogP contribution is 2.63. The highest BCUT2D eigenvalue weighted by molar-refractivity contribution is 6.07. The number of benzene rings is 7. The highest BCUT2D eigenvalue weighted by atomic mass is 16.5. The molecule has 3 heterocycles. The average molecular weight is 682 g/mol. The molecule has 1 spiro atoms. The van der Waals surface area contributed by atoms with Crippen LogP contribution < -0.4 is 14.4 Å². The predicted molar refractivity (Wildman–Crippen MR) is 216 cm³/mol. The van der Waals surface area contributed by atoms with E-state index in [2.05, 4.69) is 187 Å². The summed E-state index contributed by atoms with van der Waals surface area (Å²) in [7, 11) is 0. The predicted octanol–water partition coefficient (Wildman–Crippen LogP) is 12.8. The van der Waals surface area contributed by atoms with Crippen LogP contribution in [0.4, 0.5) is 11.4 Å². The lowest BCUT2D eigenvalue weighted by molar-refractivity contribution is 0.400. The van der Waals surface area contributed by atoms with E-state index >= 15 is 0 Å². The van der Waals surface area contributed by atoms with Crippen LogP contribution in [0.5, 0.6) is 23.0 Å². The minimum Gasteiger partial charge on any atom is -0.457 e. The summed E-state index contributed by atoms with van der Waals surface area (Å²) in [6.07, 6.45) is 6.59. The van der Waals surface area contributed by atoms with Crippen LogP contribution in [-0.2, 0) is 5.41 Å². The average Bonchev–Trinajstić information content (AvgIpc) is 3.29. The Labute approximate surface area is 310 Å². The second kappa shape index (κ2) is 12.4.